The summed E-state index contributed by atoms with van der Waals surface area (Å²) in [6.45, 7) is 2.40. The number of fused-ring (bicyclic) bond motifs is 2. The van der Waals surface area contributed by atoms with Gasteiger partial charge in [-0.25, -0.2) is 0 Å². The third-order valence-corrected chi connectivity index (χ3v) is 3.14. The Bertz CT molecular complexity index is 225. The molecule has 5 unspecified atom stereocenters. The predicted octanol–water partition coefficient (Wildman–Crippen LogP) is -0.511. The molecular weight excluding hydrogens is 186 g/mol. The standard InChI is InChI=1S/C9H17NO4/c1-5-6-7(11-2)9(14-5,4-13-6)8(10)12-3/h5-8H,4,10H2,1-3H3. The zero-order chi connectivity index (χ0) is 10.3. The van der Waals surface area contributed by atoms with E-state index in [4.69, 9.17) is 24.7 Å². The van der Waals surface area contributed by atoms with Crippen LogP contribution in [0.15, 0.2) is 0 Å². The minimum Gasteiger partial charge on any atom is -0.375 e. The zero-order valence-electron chi connectivity index (χ0n) is 8.73. The van der Waals surface area contributed by atoms with Gasteiger partial charge in [-0.3, -0.25) is 0 Å². The lowest BCUT2D eigenvalue weighted by atomic mass is 9.97. The van der Waals surface area contributed by atoms with E-state index in [9.17, 15) is 0 Å². The molecule has 5 atom stereocenters. The van der Waals surface area contributed by atoms with Gasteiger partial charge in [0.1, 0.15) is 18.4 Å². The predicted molar refractivity (Wildman–Crippen MR) is 48.8 cm³/mol. The third kappa shape index (κ3) is 1.14. The number of rotatable bonds is 3. The Kier molecular flexibility index (Phi) is 2.53. The maximum Gasteiger partial charge on any atom is 0.159 e. The minimum atomic E-state index is -0.631. The van der Waals surface area contributed by atoms with E-state index in [0.29, 0.717) is 6.61 Å². The number of ether oxygens (including phenoxy) is 4. The summed E-state index contributed by atoms with van der Waals surface area (Å²) in [6, 6.07) is 0. The van der Waals surface area contributed by atoms with Crippen molar-refractivity contribution in [1.82, 2.24) is 0 Å². The van der Waals surface area contributed by atoms with Gasteiger partial charge >= 0.3 is 0 Å². The molecule has 2 bridgehead atoms. The summed E-state index contributed by atoms with van der Waals surface area (Å²) in [6.07, 6.45) is -0.661. The van der Waals surface area contributed by atoms with Crippen molar-refractivity contribution in [3.8, 4) is 0 Å². The Labute approximate surface area is 83.4 Å². The molecule has 2 aliphatic rings. The lowest BCUT2D eigenvalue weighted by molar-refractivity contribution is -0.190. The van der Waals surface area contributed by atoms with Crippen LogP contribution in [0.25, 0.3) is 0 Å². The quantitative estimate of drug-likeness (QED) is 0.626. The highest BCUT2D eigenvalue weighted by Gasteiger charge is 2.63. The zero-order valence-corrected chi connectivity index (χ0v) is 8.73. The van der Waals surface area contributed by atoms with Crippen molar-refractivity contribution < 1.29 is 18.9 Å². The van der Waals surface area contributed by atoms with Gasteiger partial charge < -0.3 is 24.7 Å². The summed E-state index contributed by atoms with van der Waals surface area (Å²) < 4.78 is 21.9. The van der Waals surface area contributed by atoms with Gasteiger partial charge in [-0.15, -0.1) is 0 Å². The Morgan fingerprint density at radius 2 is 2.21 bits per heavy atom. The maximum absolute atomic E-state index is 5.87. The molecule has 0 saturated carbocycles. The van der Waals surface area contributed by atoms with Gasteiger partial charge in [0.2, 0.25) is 0 Å². The second-order valence-corrected chi connectivity index (χ2v) is 3.87. The molecule has 2 aliphatic heterocycles. The fourth-order valence-electron chi connectivity index (χ4n) is 2.41. The van der Waals surface area contributed by atoms with E-state index >= 15 is 0 Å². The number of hydrogen-bond donors (Lipinski definition) is 1. The molecule has 2 fully saturated rings. The number of methoxy groups -OCH3 is 2. The molecule has 5 nitrogen and oxygen atoms in total. The van der Waals surface area contributed by atoms with Crippen LogP contribution in [-0.4, -0.2) is 51.0 Å². The van der Waals surface area contributed by atoms with Crippen LogP contribution in [0.1, 0.15) is 6.92 Å². The molecule has 5 heteroatoms. The molecule has 0 aromatic heterocycles. The summed E-state index contributed by atoms with van der Waals surface area (Å²) in [4.78, 5) is 0. The highest BCUT2D eigenvalue weighted by atomic mass is 16.7. The molecule has 0 aromatic carbocycles. The van der Waals surface area contributed by atoms with E-state index in [2.05, 4.69) is 0 Å². The average molecular weight is 203 g/mol. The fourth-order valence-corrected chi connectivity index (χ4v) is 2.41. The van der Waals surface area contributed by atoms with Gasteiger partial charge in [0, 0.05) is 14.2 Å². The molecule has 2 N–H and O–H groups in total. The topological polar surface area (TPSA) is 62.9 Å². The van der Waals surface area contributed by atoms with Crippen molar-refractivity contribution >= 4 is 0 Å². The van der Waals surface area contributed by atoms with Crippen molar-refractivity contribution in [1.29, 1.82) is 0 Å². The normalized spacial score (nSPS) is 48.4. The van der Waals surface area contributed by atoms with Crippen LogP contribution in [0.4, 0.5) is 0 Å². The van der Waals surface area contributed by atoms with E-state index in [1.54, 1.807) is 14.2 Å². The lowest BCUT2D eigenvalue weighted by Crippen LogP contribution is -2.57. The first kappa shape index (κ1) is 10.3. The van der Waals surface area contributed by atoms with Gasteiger partial charge in [-0.1, -0.05) is 0 Å². The highest BCUT2D eigenvalue weighted by molar-refractivity contribution is 5.10. The summed E-state index contributed by atoms with van der Waals surface area (Å²) >= 11 is 0. The molecule has 0 radical (unpaired) electrons. The van der Waals surface area contributed by atoms with Gasteiger partial charge in [0.15, 0.2) is 5.60 Å². The second-order valence-electron chi connectivity index (χ2n) is 3.87. The lowest BCUT2D eigenvalue weighted by Gasteiger charge is -2.34. The molecule has 2 rings (SSSR count). The average Bonchev–Trinajstić information content (AvgIpc) is 2.68. The second kappa shape index (κ2) is 3.43. The Balaban J connectivity index is 2.24. The molecular formula is C9H17NO4. The van der Waals surface area contributed by atoms with Gasteiger partial charge in [-0.05, 0) is 6.92 Å². The monoisotopic (exact) mass is 203 g/mol. The first-order valence-electron chi connectivity index (χ1n) is 4.76. The molecule has 0 spiro atoms. The highest BCUT2D eigenvalue weighted by Crippen LogP contribution is 2.43. The van der Waals surface area contributed by atoms with Gasteiger partial charge in [0.05, 0.1) is 12.7 Å². The van der Waals surface area contributed by atoms with E-state index in [1.165, 1.54) is 0 Å². The van der Waals surface area contributed by atoms with Crippen molar-refractivity contribution in [2.24, 2.45) is 5.73 Å². The molecule has 2 heterocycles. The van der Waals surface area contributed by atoms with Crippen molar-refractivity contribution in [2.45, 2.75) is 37.1 Å². The van der Waals surface area contributed by atoms with Crippen LogP contribution < -0.4 is 5.73 Å². The molecule has 2 saturated heterocycles. The molecule has 0 aromatic rings. The van der Waals surface area contributed by atoms with Crippen LogP contribution in [0.3, 0.4) is 0 Å². The number of hydrogen-bond acceptors (Lipinski definition) is 5. The van der Waals surface area contributed by atoms with Crippen molar-refractivity contribution in [3.63, 3.8) is 0 Å². The Hall–Kier alpha value is -0.200. The Morgan fingerprint density at radius 1 is 1.50 bits per heavy atom. The summed E-state index contributed by atoms with van der Waals surface area (Å²) in [7, 11) is 3.21. The smallest absolute Gasteiger partial charge is 0.159 e. The van der Waals surface area contributed by atoms with E-state index < -0.39 is 11.8 Å². The first-order valence-corrected chi connectivity index (χ1v) is 4.76. The van der Waals surface area contributed by atoms with Crippen molar-refractivity contribution in [2.75, 3.05) is 20.8 Å². The SMILES string of the molecule is COC(N)C12COC(C(C)O1)C2OC. The summed E-state index contributed by atoms with van der Waals surface area (Å²) in [5.41, 5.74) is 5.24. The summed E-state index contributed by atoms with van der Waals surface area (Å²) in [5.74, 6) is 0. The van der Waals surface area contributed by atoms with Crippen LogP contribution in [-0.2, 0) is 18.9 Å². The molecule has 0 amide bonds. The van der Waals surface area contributed by atoms with Crippen LogP contribution in [0, 0.1) is 0 Å². The van der Waals surface area contributed by atoms with Crippen LogP contribution in [0.5, 0.6) is 0 Å². The molecule has 82 valence electrons. The third-order valence-electron chi connectivity index (χ3n) is 3.14. The van der Waals surface area contributed by atoms with E-state index in [1.807, 2.05) is 6.92 Å². The van der Waals surface area contributed by atoms with E-state index in [0.717, 1.165) is 0 Å². The van der Waals surface area contributed by atoms with Crippen LogP contribution in [0.2, 0.25) is 0 Å². The van der Waals surface area contributed by atoms with E-state index in [-0.39, 0.29) is 18.3 Å². The Morgan fingerprint density at radius 3 is 2.71 bits per heavy atom. The van der Waals surface area contributed by atoms with Gasteiger partial charge in [-0.2, -0.15) is 0 Å². The maximum atomic E-state index is 5.87. The molecule has 0 aliphatic carbocycles. The van der Waals surface area contributed by atoms with Gasteiger partial charge in [0.25, 0.3) is 0 Å². The minimum absolute atomic E-state index is 0.00917. The summed E-state index contributed by atoms with van der Waals surface area (Å²) in [5, 5.41) is 0. The molecule has 14 heavy (non-hydrogen) atoms. The van der Waals surface area contributed by atoms with Crippen LogP contribution >= 0.6 is 0 Å². The largest absolute Gasteiger partial charge is 0.375 e. The van der Waals surface area contributed by atoms with Crippen molar-refractivity contribution in [3.05, 3.63) is 0 Å². The number of nitrogens with two attached hydrogens (primary N) is 1. The fraction of sp³-hybridized carbons (Fsp3) is 1.00. The first-order chi connectivity index (χ1) is 6.65.